The van der Waals surface area contributed by atoms with E-state index in [1.807, 2.05) is 48.3 Å². The van der Waals surface area contributed by atoms with Crippen molar-refractivity contribution in [1.82, 2.24) is 4.90 Å². The lowest BCUT2D eigenvalue weighted by molar-refractivity contribution is -0.122. The molecule has 7 heteroatoms. The quantitative estimate of drug-likeness (QED) is 0.793. The first kappa shape index (κ1) is 19.7. The molecule has 0 unspecified atom stereocenters. The van der Waals surface area contributed by atoms with E-state index in [0.717, 1.165) is 17.7 Å². The Hall–Kier alpha value is -3.06. The number of para-hydroxylation sites is 2. The van der Waals surface area contributed by atoms with E-state index in [9.17, 15) is 9.59 Å². The molecule has 0 aliphatic carbocycles. The molecule has 0 radical (unpaired) electrons. The van der Waals surface area contributed by atoms with Crippen LogP contribution in [0.4, 0.5) is 11.4 Å². The Morgan fingerprint density at radius 2 is 1.89 bits per heavy atom. The van der Waals surface area contributed by atoms with Gasteiger partial charge in [0.1, 0.15) is 6.54 Å². The van der Waals surface area contributed by atoms with Crippen LogP contribution in [0.5, 0.6) is 11.5 Å². The molecule has 2 aromatic carbocycles. The average molecular weight is 383 g/mol. The maximum atomic E-state index is 12.8. The summed E-state index contributed by atoms with van der Waals surface area (Å²) >= 11 is 0. The first-order chi connectivity index (χ1) is 13.5. The second-order valence-corrected chi connectivity index (χ2v) is 6.72. The van der Waals surface area contributed by atoms with Crippen molar-refractivity contribution in [3.8, 4) is 11.5 Å². The van der Waals surface area contributed by atoms with Crippen LogP contribution >= 0.6 is 0 Å². The summed E-state index contributed by atoms with van der Waals surface area (Å²) in [6.07, 6.45) is 0.765. The highest BCUT2D eigenvalue weighted by atomic mass is 16.5. The van der Waals surface area contributed by atoms with E-state index in [2.05, 4.69) is 5.32 Å². The van der Waals surface area contributed by atoms with E-state index < -0.39 is 0 Å². The van der Waals surface area contributed by atoms with Crippen molar-refractivity contribution in [2.24, 2.45) is 0 Å². The monoisotopic (exact) mass is 383 g/mol. The largest absolute Gasteiger partial charge is 0.493 e. The van der Waals surface area contributed by atoms with Crippen molar-refractivity contribution >= 4 is 23.2 Å². The molecule has 0 atom stereocenters. The molecule has 7 nitrogen and oxygen atoms in total. The minimum Gasteiger partial charge on any atom is -0.493 e. The summed E-state index contributed by atoms with van der Waals surface area (Å²) in [5.41, 5.74) is 2.50. The Balaban J connectivity index is 1.60. The molecule has 0 fully saturated rings. The highest BCUT2D eigenvalue weighted by molar-refractivity contribution is 6.10. The van der Waals surface area contributed by atoms with Gasteiger partial charge in [0.2, 0.25) is 11.8 Å². The van der Waals surface area contributed by atoms with Crippen LogP contribution in [-0.4, -0.2) is 57.6 Å². The predicted molar refractivity (Wildman–Crippen MR) is 108 cm³/mol. The number of likely N-dealkylation sites (N-methyl/N-ethyl adjacent to an activating group) is 1. The standard InChI is InChI=1S/C21H25N3O4/c1-23(11-10-15-8-9-18(27-2)19(12-15)28-3)14-21(26)24-13-20(25)22-16-6-4-5-7-17(16)24/h4-9,12H,10-11,13-14H2,1-3H3,(H,22,25). The number of anilines is 2. The maximum absolute atomic E-state index is 12.8. The van der Waals surface area contributed by atoms with Crippen molar-refractivity contribution in [1.29, 1.82) is 0 Å². The van der Waals surface area contributed by atoms with Crippen LogP contribution in [0.15, 0.2) is 42.5 Å². The lowest BCUT2D eigenvalue weighted by atomic mass is 10.1. The summed E-state index contributed by atoms with van der Waals surface area (Å²) in [5.74, 6) is 1.10. The molecule has 1 N–H and O–H groups in total. The Labute approximate surface area is 164 Å². The zero-order valence-electron chi connectivity index (χ0n) is 16.4. The number of nitrogens with zero attached hydrogens (tertiary/aromatic N) is 2. The summed E-state index contributed by atoms with van der Waals surface area (Å²) in [4.78, 5) is 28.2. The molecular formula is C21H25N3O4. The Kier molecular flexibility index (Phi) is 6.16. The summed E-state index contributed by atoms with van der Waals surface area (Å²) in [5, 5.41) is 2.80. The van der Waals surface area contributed by atoms with Gasteiger partial charge in [0, 0.05) is 6.54 Å². The second-order valence-electron chi connectivity index (χ2n) is 6.72. The first-order valence-electron chi connectivity index (χ1n) is 9.10. The molecular weight excluding hydrogens is 358 g/mol. The number of methoxy groups -OCH3 is 2. The zero-order chi connectivity index (χ0) is 20.1. The summed E-state index contributed by atoms with van der Waals surface area (Å²) in [6, 6.07) is 13.1. The molecule has 3 rings (SSSR count). The highest BCUT2D eigenvalue weighted by Gasteiger charge is 2.26. The number of carbonyl (C=O) groups excluding carboxylic acids is 2. The zero-order valence-corrected chi connectivity index (χ0v) is 16.4. The molecule has 0 saturated carbocycles. The molecule has 1 aliphatic rings. The third-order valence-corrected chi connectivity index (χ3v) is 4.71. The Morgan fingerprint density at radius 3 is 2.64 bits per heavy atom. The van der Waals surface area contributed by atoms with Gasteiger partial charge in [0.15, 0.2) is 11.5 Å². The fraction of sp³-hybridized carbons (Fsp3) is 0.333. The van der Waals surface area contributed by atoms with Crippen LogP contribution in [0.1, 0.15) is 5.56 Å². The minimum absolute atomic E-state index is 0.0410. The van der Waals surface area contributed by atoms with Crippen LogP contribution in [0.3, 0.4) is 0 Å². The molecule has 0 aromatic heterocycles. The van der Waals surface area contributed by atoms with Gasteiger partial charge in [-0.2, -0.15) is 0 Å². The smallest absolute Gasteiger partial charge is 0.244 e. The highest BCUT2D eigenvalue weighted by Crippen LogP contribution is 2.29. The number of benzene rings is 2. The molecule has 28 heavy (non-hydrogen) atoms. The molecule has 2 aromatic rings. The summed E-state index contributed by atoms with van der Waals surface area (Å²) < 4.78 is 10.6. The first-order valence-corrected chi connectivity index (χ1v) is 9.10. The number of hydrogen-bond donors (Lipinski definition) is 1. The average Bonchev–Trinajstić information content (AvgIpc) is 2.71. The molecule has 0 bridgehead atoms. The number of rotatable bonds is 7. The molecule has 2 amide bonds. The predicted octanol–water partition coefficient (Wildman–Crippen LogP) is 2.16. The number of fused-ring (bicyclic) bond motifs is 1. The van der Waals surface area contributed by atoms with E-state index in [1.165, 1.54) is 0 Å². The normalized spacial score (nSPS) is 13.1. The Bertz CT molecular complexity index is 868. The van der Waals surface area contributed by atoms with Gasteiger partial charge in [0.25, 0.3) is 0 Å². The number of hydrogen-bond acceptors (Lipinski definition) is 5. The number of nitrogens with one attached hydrogen (secondary N) is 1. The summed E-state index contributed by atoms with van der Waals surface area (Å²) in [7, 11) is 5.11. The van der Waals surface area contributed by atoms with Crippen LogP contribution < -0.4 is 19.7 Å². The van der Waals surface area contributed by atoms with Gasteiger partial charge in [-0.15, -0.1) is 0 Å². The Morgan fingerprint density at radius 1 is 1.14 bits per heavy atom. The van der Waals surface area contributed by atoms with Crippen LogP contribution in [-0.2, 0) is 16.0 Å². The third-order valence-electron chi connectivity index (χ3n) is 4.71. The lowest BCUT2D eigenvalue weighted by Crippen LogP contribution is -2.46. The van der Waals surface area contributed by atoms with E-state index in [4.69, 9.17) is 9.47 Å². The van der Waals surface area contributed by atoms with Crippen molar-refractivity contribution < 1.29 is 19.1 Å². The second kappa shape index (κ2) is 8.75. The molecule has 1 aliphatic heterocycles. The van der Waals surface area contributed by atoms with E-state index in [1.54, 1.807) is 25.2 Å². The van der Waals surface area contributed by atoms with Gasteiger partial charge in [-0.3, -0.25) is 19.4 Å². The number of carbonyl (C=O) groups is 2. The van der Waals surface area contributed by atoms with Crippen LogP contribution in [0.25, 0.3) is 0 Å². The van der Waals surface area contributed by atoms with E-state index in [-0.39, 0.29) is 24.9 Å². The molecule has 0 spiro atoms. The van der Waals surface area contributed by atoms with Crippen molar-refractivity contribution in [2.75, 3.05) is 51.1 Å². The molecule has 148 valence electrons. The summed E-state index contributed by atoms with van der Waals surface area (Å²) in [6.45, 7) is 0.969. The van der Waals surface area contributed by atoms with Gasteiger partial charge in [-0.1, -0.05) is 18.2 Å². The number of amides is 2. The van der Waals surface area contributed by atoms with E-state index >= 15 is 0 Å². The van der Waals surface area contributed by atoms with Gasteiger partial charge in [-0.25, -0.2) is 0 Å². The van der Waals surface area contributed by atoms with Gasteiger partial charge in [-0.05, 0) is 43.3 Å². The number of ether oxygens (including phenoxy) is 2. The third kappa shape index (κ3) is 4.43. The molecule has 0 saturated heterocycles. The van der Waals surface area contributed by atoms with E-state index in [0.29, 0.717) is 23.7 Å². The van der Waals surface area contributed by atoms with Crippen molar-refractivity contribution in [2.45, 2.75) is 6.42 Å². The fourth-order valence-corrected chi connectivity index (χ4v) is 3.21. The topological polar surface area (TPSA) is 71.1 Å². The minimum atomic E-state index is -0.181. The maximum Gasteiger partial charge on any atom is 0.244 e. The lowest BCUT2D eigenvalue weighted by Gasteiger charge is -2.30. The van der Waals surface area contributed by atoms with Crippen molar-refractivity contribution in [3.05, 3.63) is 48.0 Å². The fourth-order valence-electron chi connectivity index (χ4n) is 3.21. The van der Waals surface area contributed by atoms with Crippen LogP contribution in [0, 0.1) is 0 Å². The van der Waals surface area contributed by atoms with Crippen LogP contribution in [0.2, 0.25) is 0 Å². The van der Waals surface area contributed by atoms with Crippen molar-refractivity contribution in [3.63, 3.8) is 0 Å². The van der Waals surface area contributed by atoms with Gasteiger partial charge in [0.05, 0.1) is 32.1 Å². The van der Waals surface area contributed by atoms with Gasteiger partial charge >= 0.3 is 0 Å². The van der Waals surface area contributed by atoms with Gasteiger partial charge < -0.3 is 14.8 Å². The molecule has 1 heterocycles. The SMILES string of the molecule is COc1ccc(CCN(C)CC(=O)N2CC(=O)Nc3ccccc32)cc1OC.